The molecule has 0 saturated carbocycles. The van der Waals surface area contributed by atoms with E-state index in [1.54, 1.807) is 24.3 Å². The van der Waals surface area contributed by atoms with Crippen LogP contribution in [0.1, 0.15) is 78.3 Å². The zero-order chi connectivity index (χ0) is 19.5. The van der Waals surface area contributed by atoms with Gasteiger partial charge < -0.3 is 9.47 Å². The summed E-state index contributed by atoms with van der Waals surface area (Å²) in [5.41, 5.74) is 1.46. The van der Waals surface area contributed by atoms with Crippen molar-refractivity contribution in [2.24, 2.45) is 0 Å². The summed E-state index contributed by atoms with van der Waals surface area (Å²) in [6.07, 6.45) is 4.12. The van der Waals surface area contributed by atoms with Crippen LogP contribution in [0, 0.1) is 0 Å². The van der Waals surface area contributed by atoms with E-state index in [2.05, 4.69) is 6.92 Å². The van der Waals surface area contributed by atoms with Gasteiger partial charge in [-0.05, 0) is 37.0 Å². The van der Waals surface area contributed by atoms with Gasteiger partial charge in [-0.1, -0.05) is 69.2 Å². The molecule has 1 unspecified atom stereocenters. The number of carbonyl (C=O) groups excluding carboxylic acids is 2. The molecule has 2 aromatic rings. The topological polar surface area (TPSA) is 52.6 Å². The Morgan fingerprint density at radius 1 is 0.815 bits per heavy atom. The van der Waals surface area contributed by atoms with Crippen molar-refractivity contribution >= 4 is 11.9 Å². The Morgan fingerprint density at radius 2 is 1.41 bits per heavy atom. The van der Waals surface area contributed by atoms with Crippen LogP contribution in [-0.2, 0) is 9.47 Å². The smallest absolute Gasteiger partial charge is 0.339 e. The lowest BCUT2D eigenvalue weighted by Gasteiger charge is -2.19. The summed E-state index contributed by atoms with van der Waals surface area (Å²) in [5, 5.41) is 0. The summed E-state index contributed by atoms with van der Waals surface area (Å²) in [5.74, 6) is -0.983. The van der Waals surface area contributed by atoms with Crippen LogP contribution in [0.2, 0.25) is 0 Å². The van der Waals surface area contributed by atoms with Gasteiger partial charge in [-0.15, -0.1) is 0 Å². The number of ether oxygens (including phenoxy) is 2. The van der Waals surface area contributed by atoms with Crippen LogP contribution in [0.5, 0.6) is 0 Å². The number of hydrogen-bond donors (Lipinski definition) is 0. The maximum Gasteiger partial charge on any atom is 0.339 e. The molecule has 0 aliphatic heterocycles. The Balaban J connectivity index is 2.16. The van der Waals surface area contributed by atoms with Crippen molar-refractivity contribution in [1.82, 2.24) is 0 Å². The minimum absolute atomic E-state index is 0.247. The number of benzene rings is 2. The second kappa shape index (κ2) is 11.2. The van der Waals surface area contributed by atoms with E-state index < -0.39 is 11.9 Å². The highest BCUT2D eigenvalue weighted by Crippen LogP contribution is 2.25. The number of hydrogen-bond acceptors (Lipinski definition) is 4. The van der Waals surface area contributed by atoms with Crippen molar-refractivity contribution in [2.45, 2.75) is 52.1 Å². The molecule has 2 aromatic carbocycles. The van der Waals surface area contributed by atoms with Gasteiger partial charge in [-0.25, -0.2) is 9.59 Å². The Hall–Kier alpha value is -2.62. The van der Waals surface area contributed by atoms with Crippen molar-refractivity contribution in [3.05, 3.63) is 71.3 Å². The van der Waals surface area contributed by atoms with Gasteiger partial charge in [0.15, 0.2) is 0 Å². The number of unbranched alkanes of at least 4 members (excludes halogenated alkanes) is 2. The molecule has 0 heterocycles. The first-order chi connectivity index (χ1) is 13.2. The van der Waals surface area contributed by atoms with Gasteiger partial charge in [0.25, 0.3) is 0 Å². The summed E-state index contributed by atoms with van der Waals surface area (Å²) >= 11 is 0. The first-order valence-corrected chi connectivity index (χ1v) is 9.69. The average Bonchev–Trinajstić information content (AvgIpc) is 2.71. The summed E-state index contributed by atoms with van der Waals surface area (Å²) in [4.78, 5) is 25.2. The summed E-state index contributed by atoms with van der Waals surface area (Å²) < 4.78 is 11.1. The van der Waals surface area contributed by atoms with Crippen molar-refractivity contribution < 1.29 is 19.1 Å². The molecule has 0 bridgehead atoms. The van der Waals surface area contributed by atoms with Crippen molar-refractivity contribution in [3.63, 3.8) is 0 Å². The molecule has 27 heavy (non-hydrogen) atoms. The third kappa shape index (κ3) is 6.24. The van der Waals surface area contributed by atoms with E-state index in [1.165, 1.54) is 0 Å². The zero-order valence-corrected chi connectivity index (χ0v) is 16.1. The van der Waals surface area contributed by atoms with Crippen molar-refractivity contribution in [2.75, 3.05) is 6.61 Å². The van der Waals surface area contributed by atoms with E-state index in [0.29, 0.717) is 6.61 Å². The van der Waals surface area contributed by atoms with Crippen LogP contribution < -0.4 is 0 Å². The molecule has 0 aliphatic carbocycles. The van der Waals surface area contributed by atoms with Gasteiger partial charge in [-0.2, -0.15) is 0 Å². The van der Waals surface area contributed by atoms with E-state index in [1.807, 2.05) is 37.3 Å². The van der Waals surface area contributed by atoms with E-state index >= 15 is 0 Å². The van der Waals surface area contributed by atoms with E-state index in [-0.39, 0.29) is 17.2 Å². The van der Waals surface area contributed by atoms with Crippen LogP contribution in [0.25, 0.3) is 0 Å². The Bertz CT molecular complexity index is 724. The molecule has 0 N–H and O–H groups in total. The third-order valence-electron chi connectivity index (χ3n) is 4.34. The van der Waals surface area contributed by atoms with E-state index in [9.17, 15) is 9.59 Å². The van der Waals surface area contributed by atoms with Gasteiger partial charge in [-0.3, -0.25) is 0 Å². The van der Waals surface area contributed by atoms with Crippen LogP contribution in [0.3, 0.4) is 0 Å². The molecule has 4 heteroatoms. The summed E-state index contributed by atoms with van der Waals surface area (Å²) in [7, 11) is 0. The first kappa shape index (κ1) is 20.7. The number of carbonyl (C=O) groups is 2. The highest BCUT2D eigenvalue weighted by atomic mass is 16.5. The largest absolute Gasteiger partial charge is 0.462 e. The van der Waals surface area contributed by atoms with Gasteiger partial charge in [0.2, 0.25) is 0 Å². The highest BCUT2D eigenvalue weighted by Gasteiger charge is 2.22. The van der Waals surface area contributed by atoms with Gasteiger partial charge in [0.05, 0.1) is 17.7 Å². The molecule has 0 aliphatic rings. The lowest BCUT2D eigenvalue weighted by atomic mass is 10.0. The maximum atomic E-state index is 12.8. The Kier molecular flexibility index (Phi) is 8.56. The molecule has 2 rings (SSSR count). The summed E-state index contributed by atoms with van der Waals surface area (Å²) in [6, 6.07) is 16.4. The van der Waals surface area contributed by atoms with Crippen molar-refractivity contribution in [3.8, 4) is 0 Å². The number of esters is 2. The van der Waals surface area contributed by atoms with Gasteiger partial charge in [0, 0.05) is 0 Å². The standard InChI is InChI=1S/C23H28O4/c1-3-5-16-21(18-12-8-7-9-13-18)27-23(25)20-15-11-10-14-19(20)22(24)26-17-6-4-2/h7-15,21H,3-6,16-17H2,1-2H3. The normalized spacial score (nSPS) is 11.6. The van der Waals surface area contributed by atoms with E-state index in [0.717, 1.165) is 37.7 Å². The predicted octanol–water partition coefficient (Wildman–Crippen LogP) is 5.73. The second-order valence-corrected chi connectivity index (χ2v) is 6.48. The molecular weight excluding hydrogens is 340 g/mol. The third-order valence-corrected chi connectivity index (χ3v) is 4.34. The second-order valence-electron chi connectivity index (χ2n) is 6.48. The lowest BCUT2D eigenvalue weighted by Crippen LogP contribution is -2.17. The molecule has 0 aromatic heterocycles. The van der Waals surface area contributed by atoms with Crippen LogP contribution >= 0.6 is 0 Å². The quantitative estimate of drug-likeness (QED) is 0.397. The summed E-state index contributed by atoms with van der Waals surface area (Å²) in [6.45, 7) is 4.48. The average molecular weight is 368 g/mol. The molecule has 0 radical (unpaired) electrons. The molecule has 0 fully saturated rings. The predicted molar refractivity (Wildman–Crippen MR) is 106 cm³/mol. The van der Waals surface area contributed by atoms with Crippen LogP contribution in [0.15, 0.2) is 54.6 Å². The Labute approximate surface area is 161 Å². The SMILES string of the molecule is CCCCOC(=O)c1ccccc1C(=O)OC(CCCC)c1ccccc1. The molecule has 0 spiro atoms. The molecule has 0 amide bonds. The van der Waals surface area contributed by atoms with Crippen molar-refractivity contribution in [1.29, 1.82) is 0 Å². The van der Waals surface area contributed by atoms with Crippen LogP contribution in [-0.4, -0.2) is 18.5 Å². The minimum Gasteiger partial charge on any atom is -0.462 e. The fourth-order valence-electron chi connectivity index (χ4n) is 2.77. The fraction of sp³-hybridized carbons (Fsp3) is 0.391. The highest BCUT2D eigenvalue weighted by molar-refractivity contribution is 6.03. The van der Waals surface area contributed by atoms with Gasteiger partial charge in [0.1, 0.15) is 6.10 Å². The first-order valence-electron chi connectivity index (χ1n) is 9.69. The molecule has 1 atom stereocenters. The monoisotopic (exact) mass is 368 g/mol. The zero-order valence-electron chi connectivity index (χ0n) is 16.1. The molecule has 144 valence electrons. The molecular formula is C23H28O4. The van der Waals surface area contributed by atoms with Gasteiger partial charge >= 0.3 is 11.9 Å². The maximum absolute atomic E-state index is 12.8. The Morgan fingerprint density at radius 3 is 2.04 bits per heavy atom. The van der Waals surface area contributed by atoms with Crippen LogP contribution in [0.4, 0.5) is 0 Å². The lowest BCUT2D eigenvalue weighted by molar-refractivity contribution is 0.0262. The fourth-order valence-corrected chi connectivity index (χ4v) is 2.77. The molecule has 0 saturated heterocycles. The molecule has 4 nitrogen and oxygen atoms in total. The minimum atomic E-state index is -0.497. The number of rotatable bonds is 10. The van der Waals surface area contributed by atoms with E-state index in [4.69, 9.17) is 9.47 Å².